The smallest absolute Gasteiger partial charge is 0.240 e. The summed E-state index contributed by atoms with van der Waals surface area (Å²) in [6.45, 7) is 5.76. The molecule has 1 amide bonds. The first kappa shape index (κ1) is 18.4. The number of amides is 1. The maximum absolute atomic E-state index is 12.1. The molecular weight excluding hydrogens is 328 g/mol. The van der Waals surface area contributed by atoms with Crippen molar-refractivity contribution in [3.8, 4) is 0 Å². The van der Waals surface area contributed by atoms with Crippen LogP contribution in [0, 0.1) is 0 Å². The lowest BCUT2D eigenvalue weighted by molar-refractivity contribution is -0.126. The Bertz CT molecular complexity index is 406. The minimum absolute atomic E-state index is 0. The van der Waals surface area contributed by atoms with E-state index in [9.17, 15) is 4.79 Å². The molecule has 0 heterocycles. The SMILES string of the molecule is CCCC(C)(N)C(=O)NC(C)c1ccc(Br)cc1.Cl. The van der Waals surface area contributed by atoms with Crippen molar-refractivity contribution in [3.63, 3.8) is 0 Å². The summed E-state index contributed by atoms with van der Waals surface area (Å²) in [4.78, 5) is 12.1. The molecule has 0 radical (unpaired) electrons. The van der Waals surface area contributed by atoms with Crippen LogP contribution in [0.2, 0.25) is 0 Å². The van der Waals surface area contributed by atoms with E-state index in [2.05, 4.69) is 21.2 Å². The van der Waals surface area contributed by atoms with Crippen LogP contribution >= 0.6 is 28.3 Å². The van der Waals surface area contributed by atoms with Gasteiger partial charge in [-0.05, 0) is 38.0 Å². The molecule has 2 atom stereocenters. The van der Waals surface area contributed by atoms with Crippen molar-refractivity contribution in [1.82, 2.24) is 5.32 Å². The highest BCUT2D eigenvalue weighted by atomic mass is 79.9. The van der Waals surface area contributed by atoms with E-state index in [4.69, 9.17) is 5.73 Å². The Morgan fingerprint density at radius 1 is 1.42 bits per heavy atom. The molecule has 2 unspecified atom stereocenters. The molecule has 108 valence electrons. The van der Waals surface area contributed by atoms with E-state index in [0.29, 0.717) is 6.42 Å². The summed E-state index contributed by atoms with van der Waals surface area (Å²) in [5.41, 5.74) is 6.28. The molecular formula is C14H22BrClN2O. The molecule has 19 heavy (non-hydrogen) atoms. The lowest BCUT2D eigenvalue weighted by Gasteiger charge is -2.25. The number of carbonyl (C=O) groups is 1. The van der Waals surface area contributed by atoms with Gasteiger partial charge in [0.25, 0.3) is 0 Å². The molecule has 0 saturated carbocycles. The summed E-state index contributed by atoms with van der Waals surface area (Å²) in [5, 5.41) is 2.96. The molecule has 1 rings (SSSR count). The molecule has 1 aromatic rings. The van der Waals surface area contributed by atoms with E-state index >= 15 is 0 Å². The molecule has 0 fully saturated rings. The second kappa shape index (κ2) is 7.88. The summed E-state index contributed by atoms with van der Waals surface area (Å²) < 4.78 is 1.03. The topological polar surface area (TPSA) is 55.1 Å². The minimum atomic E-state index is -0.793. The number of halogens is 2. The highest BCUT2D eigenvalue weighted by molar-refractivity contribution is 9.10. The maximum atomic E-state index is 12.1. The Morgan fingerprint density at radius 3 is 2.42 bits per heavy atom. The van der Waals surface area contributed by atoms with E-state index in [1.54, 1.807) is 6.92 Å². The van der Waals surface area contributed by atoms with Crippen molar-refractivity contribution < 1.29 is 4.79 Å². The van der Waals surface area contributed by atoms with Crippen molar-refractivity contribution in [2.75, 3.05) is 0 Å². The average Bonchev–Trinajstić information content (AvgIpc) is 2.29. The third kappa shape index (κ3) is 5.51. The zero-order valence-electron chi connectivity index (χ0n) is 11.6. The lowest BCUT2D eigenvalue weighted by atomic mass is 9.95. The molecule has 0 saturated heterocycles. The van der Waals surface area contributed by atoms with Crippen LogP contribution in [-0.4, -0.2) is 11.4 Å². The van der Waals surface area contributed by atoms with Gasteiger partial charge in [-0.1, -0.05) is 41.4 Å². The summed E-state index contributed by atoms with van der Waals surface area (Å²) in [7, 11) is 0. The van der Waals surface area contributed by atoms with Gasteiger partial charge in [0.2, 0.25) is 5.91 Å². The number of hydrogen-bond acceptors (Lipinski definition) is 2. The molecule has 0 aliphatic carbocycles. The molecule has 3 nitrogen and oxygen atoms in total. The normalized spacial score (nSPS) is 15.0. The van der Waals surface area contributed by atoms with Gasteiger partial charge in [-0.15, -0.1) is 12.4 Å². The largest absolute Gasteiger partial charge is 0.348 e. The van der Waals surface area contributed by atoms with E-state index in [-0.39, 0.29) is 24.4 Å². The first-order valence-electron chi connectivity index (χ1n) is 6.22. The van der Waals surface area contributed by atoms with Crippen molar-refractivity contribution in [1.29, 1.82) is 0 Å². The molecule has 0 bridgehead atoms. The van der Waals surface area contributed by atoms with E-state index in [1.165, 1.54) is 0 Å². The number of nitrogens with one attached hydrogen (secondary N) is 1. The third-order valence-corrected chi connectivity index (χ3v) is 3.53. The highest BCUT2D eigenvalue weighted by Crippen LogP contribution is 2.18. The summed E-state index contributed by atoms with van der Waals surface area (Å²) >= 11 is 3.39. The third-order valence-electron chi connectivity index (χ3n) is 3.01. The van der Waals surface area contributed by atoms with E-state index in [0.717, 1.165) is 16.5 Å². The van der Waals surface area contributed by atoms with Crippen molar-refractivity contribution in [2.45, 2.75) is 45.2 Å². The van der Waals surface area contributed by atoms with Crippen LogP contribution in [0.4, 0.5) is 0 Å². The number of benzene rings is 1. The van der Waals surface area contributed by atoms with Crippen LogP contribution in [0.15, 0.2) is 28.7 Å². The van der Waals surface area contributed by atoms with Gasteiger partial charge in [-0.25, -0.2) is 0 Å². The highest BCUT2D eigenvalue weighted by Gasteiger charge is 2.28. The quantitative estimate of drug-likeness (QED) is 0.854. The molecule has 0 aromatic heterocycles. The van der Waals surface area contributed by atoms with Gasteiger partial charge >= 0.3 is 0 Å². The van der Waals surface area contributed by atoms with Crippen LogP contribution in [0.1, 0.15) is 45.2 Å². The molecule has 0 spiro atoms. The Hall–Kier alpha value is -0.580. The van der Waals surface area contributed by atoms with Crippen LogP contribution in [0.3, 0.4) is 0 Å². The minimum Gasteiger partial charge on any atom is -0.348 e. The van der Waals surface area contributed by atoms with Gasteiger partial charge in [0.1, 0.15) is 0 Å². The molecule has 3 N–H and O–H groups in total. The van der Waals surface area contributed by atoms with Crippen molar-refractivity contribution in [2.24, 2.45) is 5.73 Å². The zero-order chi connectivity index (χ0) is 13.8. The molecule has 5 heteroatoms. The predicted molar refractivity (Wildman–Crippen MR) is 85.4 cm³/mol. The number of carbonyl (C=O) groups excluding carboxylic acids is 1. The standard InChI is InChI=1S/C14H21BrN2O.ClH/c1-4-9-14(3,16)13(18)17-10(2)11-5-7-12(15)8-6-11;/h5-8,10H,4,9,16H2,1-3H3,(H,17,18);1H. The predicted octanol–water partition coefficient (Wildman–Crippen LogP) is 3.57. The summed E-state index contributed by atoms with van der Waals surface area (Å²) in [6.07, 6.45) is 1.58. The summed E-state index contributed by atoms with van der Waals surface area (Å²) in [5.74, 6) is -0.0974. The maximum Gasteiger partial charge on any atom is 0.240 e. The number of rotatable bonds is 5. The van der Waals surface area contributed by atoms with Crippen molar-refractivity contribution in [3.05, 3.63) is 34.3 Å². The van der Waals surface area contributed by atoms with Crippen LogP contribution < -0.4 is 11.1 Å². The van der Waals surface area contributed by atoms with Gasteiger partial charge in [0.15, 0.2) is 0 Å². The Morgan fingerprint density at radius 2 is 1.95 bits per heavy atom. The second-order valence-corrected chi connectivity index (χ2v) is 5.83. The second-order valence-electron chi connectivity index (χ2n) is 4.91. The van der Waals surface area contributed by atoms with E-state index in [1.807, 2.05) is 38.1 Å². The fourth-order valence-corrected chi connectivity index (χ4v) is 2.09. The van der Waals surface area contributed by atoms with Gasteiger partial charge in [0.05, 0.1) is 11.6 Å². The number of hydrogen-bond donors (Lipinski definition) is 2. The fourth-order valence-electron chi connectivity index (χ4n) is 1.83. The van der Waals surface area contributed by atoms with Gasteiger partial charge in [-0.2, -0.15) is 0 Å². The van der Waals surface area contributed by atoms with Crippen LogP contribution in [-0.2, 0) is 4.79 Å². The first-order valence-corrected chi connectivity index (χ1v) is 7.01. The summed E-state index contributed by atoms with van der Waals surface area (Å²) in [6, 6.07) is 7.87. The molecule has 0 aliphatic rings. The van der Waals surface area contributed by atoms with Gasteiger partial charge < -0.3 is 11.1 Å². The van der Waals surface area contributed by atoms with Crippen LogP contribution in [0.25, 0.3) is 0 Å². The zero-order valence-corrected chi connectivity index (χ0v) is 14.0. The Balaban J connectivity index is 0.00000324. The van der Waals surface area contributed by atoms with Crippen LogP contribution in [0.5, 0.6) is 0 Å². The molecule has 0 aliphatic heterocycles. The fraction of sp³-hybridized carbons (Fsp3) is 0.500. The number of nitrogens with two attached hydrogens (primary N) is 1. The van der Waals surface area contributed by atoms with E-state index < -0.39 is 5.54 Å². The average molecular weight is 350 g/mol. The van der Waals surface area contributed by atoms with Crippen molar-refractivity contribution >= 4 is 34.2 Å². The Kier molecular flexibility index (Phi) is 7.64. The monoisotopic (exact) mass is 348 g/mol. The first-order chi connectivity index (χ1) is 8.36. The lowest BCUT2D eigenvalue weighted by Crippen LogP contribution is -2.51. The van der Waals surface area contributed by atoms with Gasteiger partial charge in [0, 0.05) is 4.47 Å². The Labute approximate surface area is 129 Å². The van der Waals surface area contributed by atoms with Gasteiger partial charge in [-0.3, -0.25) is 4.79 Å². The molecule has 1 aromatic carbocycles.